The van der Waals surface area contributed by atoms with Crippen LogP contribution in [0.4, 0.5) is 17.5 Å². The molecule has 4 rings (SSSR count). The van der Waals surface area contributed by atoms with Crippen molar-refractivity contribution in [1.82, 2.24) is 9.97 Å². The Morgan fingerprint density at radius 1 is 1.16 bits per heavy atom. The highest BCUT2D eigenvalue weighted by molar-refractivity contribution is 9.11. The lowest BCUT2D eigenvalue weighted by atomic mass is 10.1. The molecular weight excluding hydrogens is 380 g/mol. The second-order valence-corrected chi connectivity index (χ2v) is 7.72. The number of aromatic nitrogens is 2. The number of aromatic hydroxyl groups is 1. The third-order valence-corrected chi connectivity index (χ3v) is 5.38. The second kappa shape index (κ2) is 6.67. The van der Waals surface area contributed by atoms with E-state index >= 15 is 0 Å². The van der Waals surface area contributed by atoms with Crippen molar-refractivity contribution in [3.05, 3.63) is 40.0 Å². The Morgan fingerprint density at radius 3 is 2.60 bits per heavy atom. The zero-order valence-electron chi connectivity index (χ0n) is 14.2. The summed E-state index contributed by atoms with van der Waals surface area (Å²) in [5.41, 5.74) is 2.92. The number of benzene rings is 1. The molecule has 0 atom stereocenters. The van der Waals surface area contributed by atoms with Crippen LogP contribution in [-0.4, -0.2) is 27.7 Å². The van der Waals surface area contributed by atoms with Crippen LogP contribution in [0.2, 0.25) is 0 Å². The van der Waals surface area contributed by atoms with Gasteiger partial charge in [0.2, 0.25) is 5.95 Å². The van der Waals surface area contributed by atoms with E-state index in [1.54, 1.807) is 12.1 Å². The van der Waals surface area contributed by atoms with Crippen molar-refractivity contribution in [2.75, 3.05) is 16.8 Å². The van der Waals surface area contributed by atoms with Gasteiger partial charge in [-0.2, -0.15) is 4.98 Å². The standard InChI is InChI=1S/C19H21BrN4O/c1-12-17-10-13(20)11-24(15-4-2-3-5-15)18(17)23-19(21-12)22-14-6-8-16(25)9-7-14/h6-10,15,25H,2-5,11H2,1H3,(H,21,22,23). The van der Waals surface area contributed by atoms with Crippen LogP contribution in [-0.2, 0) is 0 Å². The summed E-state index contributed by atoms with van der Waals surface area (Å²) in [5, 5.41) is 12.7. The van der Waals surface area contributed by atoms with Gasteiger partial charge < -0.3 is 15.3 Å². The summed E-state index contributed by atoms with van der Waals surface area (Å²) in [6.07, 6.45) is 7.18. The maximum atomic E-state index is 9.43. The van der Waals surface area contributed by atoms with Gasteiger partial charge in [-0.15, -0.1) is 0 Å². The number of anilines is 3. The van der Waals surface area contributed by atoms with Crippen LogP contribution < -0.4 is 10.2 Å². The predicted molar refractivity (Wildman–Crippen MR) is 105 cm³/mol. The van der Waals surface area contributed by atoms with Gasteiger partial charge in [0.05, 0.1) is 12.2 Å². The van der Waals surface area contributed by atoms with Crippen molar-refractivity contribution in [3.8, 4) is 5.75 Å². The van der Waals surface area contributed by atoms with E-state index in [4.69, 9.17) is 4.98 Å². The Labute approximate surface area is 155 Å². The zero-order valence-corrected chi connectivity index (χ0v) is 15.8. The molecule has 0 spiro atoms. The molecule has 130 valence electrons. The fourth-order valence-corrected chi connectivity index (χ4v) is 4.14. The van der Waals surface area contributed by atoms with Crippen LogP contribution in [0, 0.1) is 6.92 Å². The Kier molecular flexibility index (Phi) is 4.37. The predicted octanol–water partition coefficient (Wildman–Crippen LogP) is 4.73. The lowest BCUT2D eigenvalue weighted by Crippen LogP contribution is -2.37. The van der Waals surface area contributed by atoms with Crippen molar-refractivity contribution >= 4 is 39.5 Å². The van der Waals surface area contributed by atoms with Gasteiger partial charge in [-0.1, -0.05) is 28.8 Å². The molecule has 1 fully saturated rings. The number of phenols is 1. The minimum absolute atomic E-state index is 0.246. The highest BCUT2D eigenvalue weighted by Crippen LogP contribution is 2.37. The number of fused-ring (bicyclic) bond motifs is 1. The molecule has 1 aliphatic heterocycles. The van der Waals surface area contributed by atoms with E-state index in [0.717, 1.165) is 29.3 Å². The second-order valence-electron chi connectivity index (χ2n) is 6.70. The molecule has 0 bridgehead atoms. The van der Waals surface area contributed by atoms with Crippen LogP contribution in [0.5, 0.6) is 5.75 Å². The van der Waals surface area contributed by atoms with Crippen molar-refractivity contribution in [2.45, 2.75) is 38.6 Å². The van der Waals surface area contributed by atoms with E-state index in [-0.39, 0.29) is 5.75 Å². The molecule has 1 aliphatic carbocycles. The van der Waals surface area contributed by atoms with Crippen molar-refractivity contribution in [2.24, 2.45) is 0 Å². The topological polar surface area (TPSA) is 61.3 Å². The van der Waals surface area contributed by atoms with Gasteiger partial charge in [0.15, 0.2) is 0 Å². The zero-order chi connectivity index (χ0) is 17.4. The monoisotopic (exact) mass is 400 g/mol. The van der Waals surface area contributed by atoms with Crippen molar-refractivity contribution in [1.29, 1.82) is 0 Å². The molecule has 1 saturated carbocycles. The Bertz CT molecular complexity index is 813. The quantitative estimate of drug-likeness (QED) is 0.728. The first-order valence-corrected chi connectivity index (χ1v) is 9.47. The molecule has 0 amide bonds. The van der Waals surface area contributed by atoms with Gasteiger partial charge in [0, 0.05) is 21.8 Å². The van der Waals surface area contributed by atoms with Gasteiger partial charge in [0.25, 0.3) is 0 Å². The Balaban J connectivity index is 1.70. The van der Waals surface area contributed by atoms with Crippen LogP contribution in [0.25, 0.3) is 6.08 Å². The van der Waals surface area contributed by atoms with Gasteiger partial charge >= 0.3 is 0 Å². The summed E-state index contributed by atoms with van der Waals surface area (Å²) >= 11 is 3.68. The molecule has 1 aromatic carbocycles. The summed E-state index contributed by atoms with van der Waals surface area (Å²) < 4.78 is 1.18. The number of nitrogens with one attached hydrogen (secondary N) is 1. The highest BCUT2D eigenvalue weighted by Gasteiger charge is 2.29. The van der Waals surface area contributed by atoms with Crippen LogP contribution >= 0.6 is 15.9 Å². The van der Waals surface area contributed by atoms with Gasteiger partial charge in [-0.05, 0) is 50.1 Å². The van der Waals surface area contributed by atoms with Crippen LogP contribution in [0.15, 0.2) is 28.7 Å². The molecule has 0 saturated heterocycles. The number of phenolic OH excluding ortho intramolecular Hbond substituents is 1. The summed E-state index contributed by atoms with van der Waals surface area (Å²) in [5.74, 6) is 1.86. The minimum atomic E-state index is 0.246. The molecule has 2 aromatic rings. The average Bonchev–Trinajstić information content (AvgIpc) is 3.12. The van der Waals surface area contributed by atoms with Gasteiger partial charge in [-0.25, -0.2) is 4.98 Å². The van der Waals surface area contributed by atoms with E-state index in [0.29, 0.717) is 12.0 Å². The number of rotatable bonds is 3. The molecule has 2 heterocycles. The largest absolute Gasteiger partial charge is 0.508 e. The number of nitrogens with zero attached hydrogens (tertiary/aromatic N) is 3. The summed E-state index contributed by atoms with van der Waals surface area (Å²) in [4.78, 5) is 11.9. The Hall–Kier alpha value is -2.08. The summed E-state index contributed by atoms with van der Waals surface area (Å²) in [6, 6.07) is 7.49. The number of hydrogen-bond acceptors (Lipinski definition) is 5. The van der Waals surface area contributed by atoms with Gasteiger partial charge in [-0.3, -0.25) is 0 Å². The summed E-state index contributed by atoms with van der Waals surface area (Å²) in [7, 11) is 0. The van der Waals surface area contributed by atoms with Crippen LogP contribution in [0.3, 0.4) is 0 Å². The molecule has 5 nitrogen and oxygen atoms in total. The smallest absolute Gasteiger partial charge is 0.229 e. The number of hydrogen-bond donors (Lipinski definition) is 2. The first kappa shape index (κ1) is 16.4. The molecule has 2 N–H and O–H groups in total. The first-order valence-electron chi connectivity index (χ1n) is 8.67. The van der Waals surface area contributed by atoms with E-state index in [1.165, 1.54) is 30.2 Å². The van der Waals surface area contributed by atoms with Gasteiger partial charge in [0.1, 0.15) is 11.6 Å². The lowest BCUT2D eigenvalue weighted by molar-refractivity contribution is 0.475. The molecule has 0 radical (unpaired) electrons. The Morgan fingerprint density at radius 2 is 1.88 bits per heavy atom. The van der Waals surface area contributed by atoms with Crippen molar-refractivity contribution < 1.29 is 5.11 Å². The third kappa shape index (κ3) is 3.35. The fourth-order valence-electron chi connectivity index (χ4n) is 3.64. The number of halogens is 1. The highest BCUT2D eigenvalue weighted by atomic mass is 79.9. The molecule has 1 aromatic heterocycles. The van der Waals surface area contributed by atoms with Crippen molar-refractivity contribution in [3.63, 3.8) is 0 Å². The van der Waals surface area contributed by atoms with E-state index < -0.39 is 0 Å². The van der Waals surface area contributed by atoms with Crippen LogP contribution in [0.1, 0.15) is 36.9 Å². The fraction of sp³-hybridized carbons (Fsp3) is 0.368. The van der Waals surface area contributed by atoms with E-state index in [2.05, 4.69) is 37.2 Å². The maximum absolute atomic E-state index is 9.43. The minimum Gasteiger partial charge on any atom is -0.508 e. The summed E-state index contributed by atoms with van der Waals surface area (Å²) in [6.45, 7) is 2.89. The molecular formula is C19H21BrN4O. The number of aryl methyl sites for hydroxylation is 1. The molecule has 6 heteroatoms. The SMILES string of the molecule is Cc1nc(Nc2ccc(O)cc2)nc2c1C=C(Br)CN2C1CCCC1. The molecule has 25 heavy (non-hydrogen) atoms. The van der Waals surface area contributed by atoms with E-state index in [9.17, 15) is 5.11 Å². The molecule has 0 unspecified atom stereocenters. The average molecular weight is 401 g/mol. The third-order valence-electron chi connectivity index (χ3n) is 4.90. The molecule has 2 aliphatic rings. The normalized spacial score (nSPS) is 17.4. The maximum Gasteiger partial charge on any atom is 0.229 e. The van der Waals surface area contributed by atoms with E-state index in [1.807, 2.05) is 19.1 Å². The first-order chi connectivity index (χ1) is 12.1. The lowest BCUT2D eigenvalue weighted by Gasteiger charge is -2.34.